The summed E-state index contributed by atoms with van der Waals surface area (Å²) in [7, 11) is -1.96. The number of aryl methyl sites for hydroxylation is 1. The molecule has 230 valence electrons. The summed E-state index contributed by atoms with van der Waals surface area (Å²) >= 11 is 0. The molecule has 0 saturated carbocycles. The van der Waals surface area contributed by atoms with Crippen molar-refractivity contribution in [1.82, 2.24) is 14.9 Å². The highest BCUT2D eigenvalue weighted by molar-refractivity contribution is 7.89. The lowest BCUT2D eigenvalue weighted by molar-refractivity contribution is -0.141. The summed E-state index contributed by atoms with van der Waals surface area (Å²) in [6.45, 7) is 3.36. The van der Waals surface area contributed by atoms with Crippen molar-refractivity contribution < 1.29 is 27.5 Å². The Morgan fingerprint density at radius 1 is 0.977 bits per heavy atom. The molecule has 2 atom stereocenters. The van der Waals surface area contributed by atoms with Crippen LogP contribution in [0, 0.1) is 0 Å². The fraction of sp³-hybridized carbons (Fsp3) is 0.394. The number of amides is 2. The van der Waals surface area contributed by atoms with Gasteiger partial charge in [0.2, 0.25) is 21.8 Å². The smallest absolute Gasteiger partial charge is 0.243 e. The molecule has 2 unspecified atom stereocenters. The Balaban J connectivity index is 1.56. The molecule has 1 fully saturated rings. The van der Waals surface area contributed by atoms with E-state index in [-0.39, 0.29) is 35.8 Å². The van der Waals surface area contributed by atoms with E-state index in [1.165, 1.54) is 0 Å². The maximum absolute atomic E-state index is 13.9. The lowest BCUT2D eigenvalue weighted by Crippen LogP contribution is -2.51. The molecule has 9 nitrogen and oxygen atoms in total. The molecule has 10 heteroatoms. The third kappa shape index (κ3) is 9.38. The number of hydrogen-bond donors (Lipinski definition) is 2. The van der Waals surface area contributed by atoms with Gasteiger partial charge in [-0.3, -0.25) is 9.59 Å². The van der Waals surface area contributed by atoms with Crippen LogP contribution in [0.25, 0.3) is 0 Å². The maximum atomic E-state index is 13.9. The first kappa shape index (κ1) is 32.2. The van der Waals surface area contributed by atoms with Gasteiger partial charge in [0.05, 0.1) is 18.1 Å². The van der Waals surface area contributed by atoms with Gasteiger partial charge in [0, 0.05) is 39.1 Å². The molecule has 3 aromatic rings. The van der Waals surface area contributed by atoms with Crippen LogP contribution in [0.2, 0.25) is 0 Å². The van der Waals surface area contributed by atoms with E-state index in [0.29, 0.717) is 38.3 Å². The van der Waals surface area contributed by atoms with Crippen LogP contribution in [-0.2, 0) is 43.7 Å². The molecule has 0 radical (unpaired) electrons. The molecular weight excluding hydrogens is 566 g/mol. The number of nitrogens with zero attached hydrogens (tertiary/aromatic N) is 1. The van der Waals surface area contributed by atoms with Gasteiger partial charge in [0.15, 0.2) is 0 Å². The Bertz CT molecular complexity index is 1420. The van der Waals surface area contributed by atoms with Gasteiger partial charge in [0.1, 0.15) is 11.8 Å². The molecule has 4 rings (SSSR count). The number of methoxy groups -OCH3 is 1. The molecule has 1 aliphatic rings. The van der Waals surface area contributed by atoms with Crippen LogP contribution in [0.4, 0.5) is 0 Å². The highest BCUT2D eigenvalue weighted by atomic mass is 32.2. The number of ether oxygens (including phenoxy) is 2. The van der Waals surface area contributed by atoms with E-state index >= 15 is 0 Å². The van der Waals surface area contributed by atoms with Crippen molar-refractivity contribution in [2.24, 2.45) is 0 Å². The van der Waals surface area contributed by atoms with Crippen LogP contribution in [0.1, 0.15) is 42.9 Å². The summed E-state index contributed by atoms with van der Waals surface area (Å²) in [5.41, 5.74) is 2.65. The van der Waals surface area contributed by atoms with Crippen molar-refractivity contribution in [3.63, 3.8) is 0 Å². The number of rotatable bonds is 15. The average Bonchev–Trinajstić information content (AvgIpc) is 3.55. The summed E-state index contributed by atoms with van der Waals surface area (Å²) in [6, 6.07) is 22.9. The Kier molecular flexibility index (Phi) is 11.7. The third-order valence-electron chi connectivity index (χ3n) is 7.51. The van der Waals surface area contributed by atoms with Crippen molar-refractivity contribution >= 4 is 21.8 Å². The van der Waals surface area contributed by atoms with Gasteiger partial charge in [-0.15, -0.1) is 0 Å². The van der Waals surface area contributed by atoms with E-state index in [9.17, 15) is 18.0 Å². The first-order valence-electron chi connectivity index (χ1n) is 14.7. The van der Waals surface area contributed by atoms with Crippen LogP contribution < -0.4 is 14.8 Å². The summed E-state index contributed by atoms with van der Waals surface area (Å²) in [4.78, 5) is 29.5. The lowest BCUT2D eigenvalue weighted by Gasteiger charge is -2.32. The largest absolute Gasteiger partial charge is 0.497 e. The highest BCUT2D eigenvalue weighted by Gasteiger charge is 2.31. The van der Waals surface area contributed by atoms with Crippen LogP contribution >= 0.6 is 0 Å². The SMILES string of the molecule is CCNS(=O)(=O)c1ccc(CCC(=O)N(Cc2ccc(OC)cc2)C(Cc2ccccc2)C(=O)NCC2CCCO2)cc1. The second-order valence-electron chi connectivity index (χ2n) is 10.6. The highest BCUT2D eigenvalue weighted by Crippen LogP contribution is 2.20. The van der Waals surface area contributed by atoms with Crippen molar-refractivity contribution in [2.45, 2.75) is 62.6 Å². The molecule has 2 N–H and O–H groups in total. The Morgan fingerprint density at radius 3 is 2.30 bits per heavy atom. The Morgan fingerprint density at radius 2 is 1.67 bits per heavy atom. The minimum atomic E-state index is -3.56. The Labute approximate surface area is 254 Å². The predicted octanol–water partition coefficient (Wildman–Crippen LogP) is 3.86. The molecule has 0 bridgehead atoms. The summed E-state index contributed by atoms with van der Waals surface area (Å²) in [6.07, 6.45) is 2.75. The second kappa shape index (κ2) is 15.7. The van der Waals surface area contributed by atoms with Gasteiger partial charge >= 0.3 is 0 Å². The van der Waals surface area contributed by atoms with Crippen LogP contribution in [0.5, 0.6) is 5.75 Å². The zero-order chi connectivity index (χ0) is 30.7. The van der Waals surface area contributed by atoms with Crippen LogP contribution in [-0.4, -0.2) is 64.1 Å². The minimum Gasteiger partial charge on any atom is -0.497 e. The fourth-order valence-corrected chi connectivity index (χ4v) is 6.16. The molecule has 43 heavy (non-hydrogen) atoms. The number of hydrogen-bond acceptors (Lipinski definition) is 6. The van der Waals surface area contributed by atoms with E-state index in [4.69, 9.17) is 9.47 Å². The minimum absolute atomic E-state index is 0.0219. The first-order chi connectivity index (χ1) is 20.8. The number of nitrogens with one attached hydrogen (secondary N) is 2. The van der Waals surface area contributed by atoms with Crippen molar-refractivity contribution in [3.05, 3.63) is 95.6 Å². The number of carbonyl (C=O) groups is 2. The zero-order valence-corrected chi connectivity index (χ0v) is 25.6. The molecule has 1 aliphatic heterocycles. The summed E-state index contributed by atoms with van der Waals surface area (Å²) in [5, 5.41) is 3.05. The van der Waals surface area contributed by atoms with Crippen molar-refractivity contribution in [3.8, 4) is 5.75 Å². The lowest BCUT2D eigenvalue weighted by atomic mass is 10.0. The van der Waals surface area contributed by atoms with Gasteiger partial charge in [-0.25, -0.2) is 13.1 Å². The summed E-state index contributed by atoms with van der Waals surface area (Å²) < 4.78 is 38.1. The molecular formula is C33H41N3O6S. The van der Waals surface area contributed by atoms with Gasteiger partial charge < -0.3 is 19.7 Å². The van der Waals surface area contributed by atoms with E-state index in [1.807, 2.05) is 54.6 Å². The Hall–Kier alpha value is -3.73. The maximum Gasteiger partial charge on any atom is 0.243 e. The van der Waals surface area contributed by atoms with Crippen molar-refractivity contribution in [1.29, 1.82) is 0 Å². The van der Waals surface area contributed by atoms with Gasteiger partial charge in [-0.2, -0.15) is 0 Å². The van der Waals surface area contributed by atoms with Crippen LogP contribution in [0.15, 0.2) is 83.8 Å². The zero-order valence-electron chi connectivity index (χ0n) is 24.8. The molecule has 0 aliphatic carbocycles. The number of benzene rings is 3. The number of carbonyl (C=O) groups excluding carboxylic acids is 2. The fourth-order valence-electron chi connectivity index (χ4n) is 5.12. The first-order valence-corrected chi connectivity index (χ1v) is 16.2. The molecule has 1 saturated heterocycles. The quantitative estimate of drug-likeness (QED) is 0.271. The monoisotopic (exact) mass is 607 g/mol. The van der Waals surface area contributed by atoms with E-state index in [1.54, 1.807) is 43.2 Å². The predicted molar refractivity (Wildman–Crippen MR) is 165 cm³/mol. The van der Waals surface area contributed by atoms with Crippen molar-refractivity contribution in [2.75, 3.05) is 26.8 Å². The third-order valence-corrected chi connectivity index (χ3v) is 9.07. The summed E-state index contributed by atoms with van der Waals surface area (Å²) in [5.74, 6) is 0.309. The van der Waals surface area contributed by atoms with Gasteiger partial charge in [0.25, 0.3) is 0 Å². The molecule has 1 heterocycles. The molecule has 0 spiro atoms. The average molecular weight is 608 g/mol. The van der Waals surface area contributed by atoms with Gasteiger partial charge in [-0.1, -0.05) is 61.5 Å². The van der Waals surface area contributed by atoms with E-state index < -0.39 is 16.1 Å². The second-order valence-corrected chi connectivity index (χ2v) is 12.4. The van der Waals surface area contributed by atoms with E-state index in [0.717, 1.165) is 29.5 Å². The molecule has 0 aromatic heterocycles. The normalized spacial score (nSPS) is 15.5. The van der Waals surface area contributed by atoms with Gasteiger partial charge in [-0.05, 0) is 60.2 Å². The molecule has 2 amide bonds. The van der Waals surface area contributed by atoms with Crippen LogP contribution in [0.3, 0.4) is 0 Å². The van der Waals surface area contributed by atoms with E-state index in [2.05, 4.69) is 10.0 Å². The molecule has 3 aromatic carbocycles. The standard InChI is InChI=1S/C33H41N3O6S/c1-3-35-43(39,40)30-18-13-25(14-19-30)15-20-32(37)36(24-27-11-16-28(41-2)17-12-27)31(22-26-8-5-4-6-9-26)33(38)34-23-29-10-7-21-42-29/h4-6,8-9,11-14,16-19,29,31,35H,3,7,10,15,20-24H2,1-2H3,(H,34,38). The topological polar surface area (TPSA) is 114 Å². The number of sulfonamides is 1.